The van der Waals surface area contributed by atoms with Gasteiger partial charge in [-0.25, -0.2) is 0 Å². The monoisotopic (exact) mass is 228 g/mol. The molecule has 1 aromatic rings. The van der Waals surface area contributed by atoms with Crippen molar-refractivity contribution in [3.8, 4) is 0 Å². The smallest absolute Gasteiger partial charge is 0.394 e. The lowest BCUT2D eigenvalue weighted by Gasteiger charge is -2.11. The van der Waals surface area contributed by atoms with Crippen LogP contribution in [0.1, 0.15) is 5.56 Å². The summed E-state index contributed by atoms with van der Waals surface area (Å²) >= 11 is 0. The molecule has 0 aliphatic heterocycles. The van der Waals surface area contributed by atoms with Gasteiger partial charge in [0.05, 0.1) is 0 Å². The lowest BCUT2D eigenvalue weighted by Crippen LogP contribution is -2.21. The van der Waals surface area contributed by atoms with Crippen LogP contribution in [0.2, 0.25) is 0 Å². The third kappa shape index (κ3) is 2.85. The first-order valence-electron chi connectivity index (χ1n) is 4.51. The molecular formula is C11H11F3N2. The Morgan fingerprint density at radius 2 is 1.81 bits per heavy atom. The van der Waals surface area contributed by atoms with Crippen molar-refractivity contribution in [1.29, 1.82) is 0 Å². The SMILES string of the molecule is CN=C/C(=C(\N)C(F)(F)F)c1ccccc1. The molecular weight excluding hydrogens is 217 g/mol. The van der Waals surface area contributed by atoms with Crippen LogP contribution in [0.4, 0.5) is 13.2 Å². The summed E-state index contributed by atoms with van der Waals surface area (Å²) in [4.78, 5) is 3.58. The van der Waals surface area contributed by atoms with E-state index in [-0.39, 0.29) is 5.57 Å². The van der Waals surface area contributed by atoms with Gasteiger partial charge in [0, 0.05) is 18.8 Å². The number of aliphatic imine (C=N–C) groups is 1. The number of hydrogen-bond acceptors (Lipinski definition) is 2. The minimum atomic E-state index is -4.55. The molecule has 2 N–H and O–H groups in total. The van der Waals surface area contributed by atoms with E-state index in [9.17, 15) is 13.2 Å². The van der Waals surface area contributed by atoms with E-state index in [1.165, 1.54) is 7.05 Å². The number of alkyl halides is 3. The van der Waals surface area contributed by atoms with Gasteiger partial charge in [-0.05, 0) is 5.56 Å². The van der Waals surface area contributed by atoms with E-state index in [0.29, 0.717) is 5.56 Å². The summed E-state index contributed by atoms with van der Waals surface area (Å²) in [5.41, 5.74) is 4.22. The third-order valence-corrected chi connectivity index (χ3v) is 1.94. The highest BCUT2D eigenvalue weighted by molar-refractivity contribution is 6.11. The lowest BCUT2D eigenvalue weighted by atomic mass is 10.0. The lowest BCUT2D eigenvalue weighted by molar-refractivity contribution is -0.0918. The maximum absolute atomic E-state index is 12.5. The van der Waals surface area contributed by atoms with Crippen LogP contribution in [0.3, 0.4) is 0 Å². The minimum Gasteiger partial charge on any atom is -0.394 e. The Hall–Kier alpha value is -1.78. The van der Waals surface area contributed by atoms with Crippen molar-refractivity contribution < 1.29 is 13.2 Å². The fraction of sp³-hybridized carbons (Fsp3) is 0.182. The molecule has 16 heavy (non-hydrogen) atoms. The van der Waals surface area contributed by atoms with Gasteiger partial charge in [-0.2, -0.15) is 13.2 Å². The molecule has 5 heteroatoms. The van der Waals surface area contributed by atoms with E-state index in [0.717, 1.165) is 6.21 Å². The van der Waals surface area contributed by atoms with E-state index in [1.807, 2.05) is 0 Å². The average Bonchev–Trinajstić information content (AvgIpc) is 2.25. The first-order chi connectivity index (χ1) is 7.46. The summed E-state index contributed by atoms with van der Waals surface area (Å²) < 4.78 is 37.4. The van der Waals surface area contributed by atoms with E-state index in [4.69, 9.17) is 5.73 Å². The maximum Gasteiger partial charge on any atom is 0.431 e. The molecule has 0 radical (unpaired) electrons. The second-order valence-electron chi connectivity index (χ2n) is 3.08. The highest BCUT2D eigenvalue weighted by Gasteiger charge is 2.34. The standard InChI is InChI=1S/C11H11F3N2/c1-16-7-9(10(15)11(12,13)14)8-5-3-2-4-6-8/h2-7H,15H2,1H3/b10-9+,16-7?. The molecule has 0 aliphatic rings. The predicted molar refractivity (Wildman–Crippen MR) is 58.0 cm³/mol. The summed E-state index contributed by atoms with van der Waals surface area (Å²) in [5, 5.41) is 0. The zero-order chi connectivity index (χ0) is 12.2. The summed E-state index contributed by atoms with van der Waals surface area (Å²) in [5.74, 6) is 0. The fourth-order valence-corrected chi connectivity index (χ4v) is 1.20. The van der Waals surface area contributed by atoms with Gasteiger partial charge in [-0.3, -0.25) is 4.99 Å². The number of nitrogens with zero attached hydrogens (tertiary/aromatic N) is 1. The van der Waals surface area contributed by atoms with Gasteiger partial charge >= 0.3 is 6.18 Å². The van der Waals surface area contributed by atoms with Crippen molar-refractivity contribution in [2.24, 2.45) is 10.7 Å². The van der Waals surface area contributed by atoms with E-state index in [1.54, 1.807) is 30.3 Å². The zero-order valence-electron chi connectivity index (χ0n) is 8.62. The van der Waals surface area contributed by atoms with Gasteiger partial charge < -0.3 is 5.73 Å². The molecule has 1 aromatic carbocycles. The zero-order valence-corrected chi connectivity index (χ0v) is 8.62. The normalized spacial score (nSPS) is 14.0. The first-order valence-corrected chi connectivity index (χ1v) is 4.51. The van der Waals surface area contributed by atoms with Gasteiger partial charge in [0.25, 0.3) is 0 Å². The third-order valence-electron chi connectivity index (χ3n) is 1.94. The fourth-order valence-electron chi connectivity index (χ4n) is 1.20. The Bertz CT molecular complexity index is 405. The van der Waals surface area contributed by atoms with Crippen LogP contribution in [0.15, 0.2) is 41.0 Å². The van der Waals surface area contributed by atoms with Crippen molar-refractivity contribution in [1.82, 2.24) is 0 Å². The second kappa shape index (κ2) is 4.83. The second-order valence-corrected chi connectivity index (χ2v) is 3.08. The van der Waals surface area contributed by atoms with Crippen LogP contribution in [-0.4, -0.2) is 19.4 Å². The summed E-state index contributed by atoms with van der Waals surface area (Å²) in [6.45, 7) is 0. The maximum atomic E-state index is 12.5. The van der Waals surface area contributed by atoms with Crippen molar-refractivity contribution in [3.05, 3.63) is 41.6 Å². The quantitative estimate of drug-likeness (QED) is 0.776. The minimum absolute atomic E-state index is 0.115. The van der Waals surface area contributed by atoms with Gasteiger partial charge in [0.1, 0.15) is 5.70 Å². The molecule has 0 spiro atoms. The van der Waals surface area contributed by atoms with Crippen LogP contribution in [0.25, 0.3) is 5.57 Å². The molecule has 0 bridgehead atoms. The van der Waals surface area contributed by atoms with Crippen molar-refractivity contribution in [2.45, 2.75) is 6.18 Å². The average molecular weight is 228 g/mol. The van der Waals surface area contributed by atoms with Gasteiger partial charge in [0.15, 0.2) is 0 Å². The molecule has 2 nitrogen and oxygen atoms in total. The molecule has 86 valence electrons. The number of allylic oxidation sites excluding steroid dienone is 2. The summed E-state index contributed by atoms with van der Waals surface area (Å²) in [6, 6.07) is 8.10. The van der Waals surface area contributed by atoms with Crippen molar-refractivity contribution >= 4 is 11.8 Å². The molecule has 0 saturated heterocycles. The molecule has 0 atom stereocenters. The summed E-state index contributed by atoms with van der Waals surface area (Å²) in [7, 11) is 1.40. The molecule has 0 fully saturated rings. The Kier molecular flexibility index (Phi) is 3.71. The highest BCUT2D eigenvalue weighted by Crippen LogP contribution is 2.27. The van der Waals surface area contributed by atoms with E-state index >= 15 is 0 Å². The molecule has 0 saturated carbocycles. The van der Waals surface area contributed by atoms with Crippen molar-refractivity contribution in [3.63, 3.8) is 0 Å². The number of nitrogens with two attached hydrogens (primary N) is 1. The Balaban J connectivity index is 3.31. The van der Waals surface area contributed by atoms with Crippen LogP contribution in [-0.2, 0) is 0 Å². The first kappa shape index (κ1) is 12.3. The Morgan fingerprint density at radius 1 is 1.25 bits per heavy atom. The van der Waals surface area contributed by atoms with E-state index in [2.05, 4.69) is 4.99 Å². The molecule has 1 rings (SSSR count). The molecule has 0 unspecified atom stereocenters. The van der Waals surface area contributed by atoms with Crippen LogP contribution < -0.4 is 5.73 Å². The summed E-state index contributed by atoms with van der Waals surface area (Å²) in [6.07, 6.45) is -3.44. The molecule has 0 aliphatic carbocycles. The molecule has 0 aromatic heterocycles. The van der Waals surface area contributed by atoms with E-state index < -0.39 is 11.9 Å². The Morgan fingerprint density at radius 3 is 2.25 bits per heavy atom. The van der Waals surface area contributed by atoms with Gasteiger partial charge in [-0.15, -0.1) is 0 Å². The topological polar surface area (TPSA) is 38.4 Å². The number of rotatable bonds is 2. The van der Waals surface area contributed by atoms with Crippen molar-refractivity contribution in [2.75, 3.05) is 7.05 Å². The van der Waals surface area contributed by atoms with Crippen LogP contribution in [0.5, 0.6) is 0 Å². The largest absolute Gasteiger partial charge is 0.431 e. The Labute approximate surface area is 91.3 Å². The number of halogens is 3. The molecule has 0 amide bonds. The molecule has 0 heterocycles. The predicted octanol–water partition coefficient (Wildman–Crippen LogP) is 2.62. The van der Waals surface area contributed by atoms with Gasteiger partial charge in [0.2, 0.25) is 0 Å². The van der Waals surface area contributed by atoms with Crippen LogP contribution >= 0.6 is 0 Å². The number of benzene rings is 1. The highest BCUT2D eigenvalue weighted by atomic mass is 19.4. The van der Waals surface area contributed by atoms with Gasteiger partial charge in [-0.1, -0.05) is 30.3 Å². The van der Waals surface area contributed by atoms with Crippen LogP contribution in [0, 0.1) is 0 Å². The number of hydrogen-bond donors (Lipinski definition) is 1.